The monoisotopic (exact) mass is 429 g/mol. The minimum absolute atomic E-state index is 0.299. The zero-order valence-electron chi connectivity index (χ0n) is 16.1. The molecule has 1 saturated heterocycles. The Morgan fingerprint density at radius 2 is 1.90 bits per heavy atom. The number of aromatic nitrogens is 5. The van der Waals surface area contributed by atoms with E-state index in [0.717, 1.165) is 58.2 Å². The van der Waals surface area contributed by atoms with Crippen molar-refractivity contribution in [1.29, 1.82) is 0 Å². The van der Waals surface area contributed by atoms with Gasteiger partial charge in [0.1, 0.15) is 0 Å². The Bertz CT molecular complexity index is 1090. The van der Waals surface area contributed by atoms with Crippen molar-refractivity contribution >= 4 is 39.0 Å². The topological polar surface area (TPSA) is 75.6 Å². The highest BCUT2D eigenvalue weighted by Crippen LogP contribution is 2.33. The maximum atomic E-state index is 5.97. The lowest BCUT2D eigenvalue weighted by atomic mass is 9.97. The Labute approximate surface area is 176 Å². The van der Waals surface area contributed by atoms with Gasteiger partial charge in [0.2, 0.25) is 16.0 Å². The lowest BCUT2D eigenvalue weighted by molar-refractivity contribution is 0.329. The van der Waals surface area contributed by atoms with Crippen molar-refractivity contribution in [2.75, 3.05) is 37.0 Å². The van der Waals surface area contributed by atoms with Gasteiger partial charge >= 0.3 is 0 Å². The first-order chi connectivity index (χ1) is 14.1. The molecule has 0 unspecified atom stereocenters. The maximum Gasteiger partial charge on any atom is 0.265 e. The zero-order chi connectivity index (χ0) is 20.0. The first-order valence-corrected chi connectivity index (χ1v) is 10.6. The van der Waals surface area contributed by atoms with Crippen molar-refractivity contribution in [3.63, 3.8) is 0 Å². The van der Waals surface area contributed by atoms with Gasteiger partial charge in [0.15, 0.2) is 0 Å². The van der Waals surface area contributed by atoms with Crippen LogP contribution in [0.2, 0.25) is 5.02 Å². The number of hydrogen-bond donors (Lipinski definition) is 0. The largest absolute Gasteiger partial charge is 0.347 e. The molecule has 1 aliphatic heterocycles. The van der Waals surface area contributed by atoms with Crippen LogP contribution in [0.25, 0.3) is 16.2 Å². The van der Waals surface area contributed by atoms with Crippen molar-refractivity contribution in [2.24, 2.45) is 0 Å². The van der Waals surface area contributed by atoms with Crippen molar-refractivity contribution in [3.8, 4) is 11.3 Å². The fourth-order valence-electron chi connectivity index (χ4n) is 3.47. The molecular weight excluding hydrogens is 410 g/mol. The molecule has 0 saturated carbocycles. The molecule has 0 spiro atoms. The fourth-order valence-corrected chi connectivity index (χ4v) is 4.53. The Balaban J connectivity index is 1.28. The smallest absolute Gasteiger partial charge is 0.265 e. The summed E-state index contributed by atoms with van der Waals surface area (Å²) < 4.78 is 7.31. The standard InChI is InChI=1S/C19H20ClN7OS/c1-25(2)17-22-16(28-24-17)13-7-9-26(10-8-13)19-23-27-11-15(21-18(27)29-19)12-3-5-14(20)6-4-12/h3-6,11,13H,7-10H2,1-2H3. The molecule has 150 valence electrons. The molecule has 4 heterocycles. The minimum atomic E-state index is 0.299. The molecular formula is C19H20ClN7OS. The van der Waals surface area contributed by atoms with Crippen LogP contribution in [0.4, 0.5) is 11.1 Å². The second-order valence-corrected chi connectivity index (χ2v) is 8.70. The van der Waals surface area contributed by atoms with E-state index in [2.05, 4.69) is 15.0 Å². The van der Waals surface area contributed by atoms with Crippen LogP contribution < -0.4 is 9.80 Å². The molecule has 4 aromatic rings. The van der Waals surface area contributed by atoms with Gasteiger partial charge in [-0.05, 0) is 30.1 Å². The molecule has 0 bridgehead atoms. The number of halogens is 1. The predicted molar refractivity (Wildman–Crippen MR) is 114 cm³/mol. The van der Waals surface area contributed by atoms with E-state index in [1.54, 1.807) is 11.3 Å². The third-order valence-electron chi connectivity index (χ3n) is 5.12. The van der Waals surface area contributed by atoms with Gasteiger partial charge in [-0.15, -0.1) is 5.10 Å². The summed E-state index contributed by atoms with van der Waals surface area (Å²) in [5, 5.41) is 10.5. The van der Waals surface area contributed by atoms with E-state index in [9.17, 15) is 0 Å². The van der Waals surface area contributed by atoms with E-state index in [1.807, 2.05) is 54.0 Å². The summed E-state index contributed by atoms with van der Waals surface area (Å²) in [6.07, 6.45) is 3.90. The number of nitrogens with zero attached hydrogens (tertiary/aromatic N) is 7. The molecule has 8 nitrogen and oxygen atoms in total. The van der Waals surface area contributed by atoms with Gasteiger partial charge in [-0.3, -0.25) is 0 Å². The molecule has 1 aromatic carbocycles. The zero-order valence-corrected chi connectivity index (χ0v) is 17.7. The summed E-state index contributed by atoms with van der Waals surface area (Å²) in [4.78, 5) is 14.3. The molecule has 0 radical (unpaired) electrons. The van der Waals surface area contributed by atoms with Crippen LogP contribution in [0.1, 0.15) is 24.7 Å². The average molecular weight is 430 g/mol. The summed E-state index contributed by atoms with van der Waals surface area (Å²) in [7, 11) is 3.82. The Morgan fingerprint density at radius 1 is 1.14 bits per heavy atom. The molecule has 1 aliphatic rings. The number of anilines is 2. The van der Waals surface area contributed by atoms with Crippen LogP contribution in [0.5, 0.6) is 0 Å². The molecule has 0 N–H and O–H groups in total. The predicted octanol–water partition coefficient (Wildman–Crippen LogP) is 3.94. The number of rotatable bonds is 4. The quantitative estimate of drug-likeness (QED) is 0.486. The molecule has 1 fully saturated rings. The molecule has 5 rings (SSSR count). The third-order valence-corrected chi connectivity index (χ3v) is 6.35. The summed E-state index contributed by atoms with van der Waals surface area (Å²) in [5.41, 5.74) is 1.94. The number of benzene rings is 1. The highest BCUT2D eigenvalue weighted by atomic mass is 35.5. The van der Waals surface area contributed by atoms with E-state index in [4.69, 9.17) is 26.2 Å². The molecule has 3 aromatic heterocycles. The molecule has 0 aliphatic carbocycles. The van der Waals surface area contributed by atoms with Crippen LogP contribution in [-0.2, 0) is 0 Å². The van der Waals surface area contributed by atoms with E-state index < -0.39 is 0 Å². The number of imidazole rings is 1. The van der Waals surface area contributed by atoms with E-state index in [1.165, 1.54) is 0 Å². The fraction of sp³-hybridized carbons (Fsp3) is 0.368. The van der Waals surface area contributed by atoms with E-state index in [-0.39, 0.29) is 0 Å². The second-order valence-electron chi connectivity index (χ2n) is 7.33. The second kappa shape index (κ2) is 7.31. The first-order valence-electron chi connectivity index (χ1n) is 9.45. The Kier molecular flexibility index (Phi) is 4.63. The Hall–Kier alpha value is -2.65. The van der Waals surface area contributed by atoms with Crippen molar-refractivity contribution < 1.29 is 4.52 Å². The maximum absolute atomic E-state index is 5.97. The SMILES string of the molecule is CN(C)c1noc(C2CCN(c3nn4cc(-c5ccc(Cl)cc5)nc4s3)CC2)n1. The van der Waals surface area contributed by atoms with Crippen LogP contribution in [0, 0.1) is 0 Å². The molecule has 0 amide bonds. The van der Waals surface area contributed by atoms with E-state index in [0.29, 0.717) is 11.9 Å². The van der Waals surface area contributed by atoms with Gasteiger partial charge in [0.25, 0.3) is 5.95 Å². The van der Waals surface area contributed by atoms with Crippen LogP contribution >= 0.6 is 22.9 Å². The highest BCUT2D eigenvalue weighted by Gasteiger charge is 2.27. The summed E-state index contributed by atoms with van der Waals surface area (Å²) in [6, 6.07) is 7.69. The lowest BCUT2D eigenvalue weighted by Gasteiger charge is -2.29. The van der Waals surface area contributed by atoms with Gasteiger partial charge in [-0.25, -0.2) is 9.50 Å². The normalized spacial score (nSPS) is 15.3. The van der Waals surface area contributed by atoms with Gasteiger partial charge in [-0.1, -0.05) is 35.1 Å². The molecule has 0 atom stereocenters. The minimum Gasteiger partial charge on any atom is -0.347 e. The Morgan fingerprint density at radius 3 is 2.55 bits per heavy atom. The van der Waals surface area contributed by atoms with Gasteiger partial charge in [0.05, 0.1) is 11.9 Å². The van der Waals surface area contributed by atoms with Crippen molar-refractivity contribution in [2.45, 2.75) is 18.8 Å². The van der Waals surface area contributed by atoms with Crippen LogP contribution in [0.15, 0.2) is 35.0 Å². The average Bonchev–Trinajstić information content (AvgIpc) is 3.43. The van der Waals surface area contributed by atoms with E-state index >= 15 is 0 Å². The van der Waals surface area contributed by atoms with Crippen LogP contribution in [0.3, 0.4) is 0 Å². The third kappa shape index (κ3) is 3.56. The van der Waals surface area contributed by atoms with Crippen molar-refractivity contribution in [3.05, 3.63) is 41.4 Å². The lowest BCUT2D eigenvalue weighted by Crippen LogP contribution is -2.33. The first kappa shape index (κ1) is 18.4. The highest BCUT2D eigenvalue weighted by molar-refractivity contribution is 7.20. The molecule has 29 heavy (non-hydrogen) atoms. The summed E-state index contributed by atoms with van der Waals surface area (Å²) >= 11 is 7.58. The number of hydrogen-bond acceptors (Lipinski definition) is 8. The number of fused-ring (bicyclic) bond motifs is 1. The van der Waals surface area contributed by atoms with Gasteiger partial charge in [-0.2, -0.15) is 4.98 Å². The van der Waals surface area contributed by atoms with Crippen LogP contribution in [-0.4, -0.2) is 51.9 Å². The molecule has 10 heteroatoms. The summed E-state index contributed by atoms with van der Waals surface area (Å²) in [6.45, 7) is 1.82. The van der Waals surface area contributed by atoms with Gasteiger partial charge in [0, 0.05) is 43.7 Å². The number of piperidine rings is 1. The summed E-state index contributed by atoms with van der Waals surface area (Å²) in [5.74, 6) is 1.66. The van der Waals surface area contributed by atoms with Crippen molar-refractivity contribution in [1.82, 2.24) is 24.7 Å². The van der Waals surface area contributed by atoms with Gasteiger partial charge < -0.3 is 14.3 Å².